The number of rotatable bonds is 12. The van der Waals surface area contributed by atoms with Crippen LogP contribution in [0.25, 0.3) is 11.2 Å². The Bertz CT molecular complexity index is 1140. The fourth-order valence-electron chi connectivity index (χ4n) is 2.74. The first kappa shape index (κ1) is 28.9. The number of hydrogen-bond donors (Lipinski definition) is 7. The zero-order valence-corrected chi connectivity index (χ0v) is 20.5. The van der Waals surface area contributed by atoms with Crippen LogP contribution in [0.1, 0.15) is 27.0 Å². The quantitative estimate of drug-likeness (QED) is 0.168. The number of nitrogen functional groups attached to an aromatic ring is 1. The van der Waals surface area contributed by atoms with Gasteiger partial charge in [0.15, 0.2) is 11.5 Å². The standard InChI is InChI=1S/C13H24N5O13P3/c1-6(19)10(20)11(7(2)29-33(24,25)31-34(26,27)30-32(21,22)23)28-8(3)18-5-17-9-12(14)15-4-16-13(9)18/h4-8,10-11,19-20H,1-3H3,(H,24,25)(H,26,27)(H2,14,15,16)(H2,21,22,23)/t6-,7-,8?,10?,11?/m1/s1. The minimum absolute atomic E-state index is 0.0811. The summed E-state index contributed by atoms with van der Waals surface area (Å²) in [5, 5.41) is 20.2. The molecule has 18 nitrogen and oxygen atoms in total. The molecule has 194 valence electrons. The molecule has 0 saturated carbocycles. The molecule has 2 aromatic rings. The van der Waals surface area contributed by atoms with E-state index in [0.717, 1.165) is 6.92 Å². The zero-order chi connectivity index (χ0) is 26.1. The highest BCUT2D eigenvalue weighted by atomic mass is 31.3. The van der Waals surface area contributed by atoms with Crippen LogP contribution in [0.5, 0.6) is 0 Å². The van der Waals surface area contributed by atoms with E-state index in [-0.39, 0.29) is 17.0 Å². The van der Waals surface area contributed by atoms with Crippen LogP contribution in [0.15, 0.2) is 12.7 Å². The number of nitrogens with zero attached hydrogens (tertiary/aromatic N) is 4. The van der Waals surface area contributed by atoms with Gasteiger partial charge in [-0.25, -0.2) is 28.6 Å². The Morgan fingerprint density at radius 1 is 0.971 bits per heavy atom. The van der Waals surface area contributed by atoms with Gasteiger partial charge in [0.25, 0.3) is 0 Å². The van der Waals surface area contributed by atoms with Crippen molar-refractivity contribution in [2.24, 2.45) is 0 Å². The van der Waals surface area contributed by atoms with Crippen molar-refractivity contribution in [3.8, 4) is 0 Å². The van der Waals surface area contributed by atoms with Crippen molar-refractivity contribution in [1.29, 1.82) is 0 Å². The van der Waals surface area contributed by atoms with Gasteiger partial charge in [-0.2, -0.15) is 8.62 Å². The topological polar surface area (TPSA) is 279 Å². The number of hydrogen-bond acceptors (Lipinski definition) is 13. The van der Waals surface area contributed by atoms with Crippen molar-refractivity contribution >= 4 is 40.4 Å². The minimum Gasteiger partial charge on any atom is -0.391 e. The highest BCUT2D eigenvalue weighted by Crippen LogP contribution is 2.66. The second-order valence-corrected chi connectivity index (χ2v) is 11.3. The largest absolute Gasteiger partial charge is 0.490 e. The lowest BCUT2D eigenvalue weighted by atomic mass is 10.1. The normalized spacial score (nSPS) is 20.7. The molecule has 0 amide bonds. The van der Waals surface area contributed by atoms with Gasteiger partial charge in [0.2, 0.25) is 0 Å². The number of phosphoric ester groups is 1. The molecule has 0 fully saturated rings. The van der Waals surface area contributed by atoms with Crippen molar-refractivity contribution in [2.45, 2.75) is 51.4 Å². The first-order chi connectivity index (χ1) is 15.4. The van der Waals surface area contributed by atoms with Crippen molar-refractivity contribution in [3.05, 3.63) is 12.7 Å². The maximum absolute atomic E-state index is 12.1. The molecule has 0 aliphatic carbocycles. The van der Waals surface area contributed by atoms with E-state index in [9.17, 15) is 33.7 Å². The Kier molecular flexibility index (Phi) is 9.10. The molecule has 2 heterocycles. The van der Waals surface area contributed by atoms with Gasteiger partial charge >= 0.3 is 23.5 Å². The van der Waals surface area contributed by atoms with Crippen molar-refractivity contribution in [3.63, 3.8) is 0 Å². The second kappa shape index (κ2) is 10.7. The summed E-state index contributed by atoms with van der Waals surface area (Å²) in [6.07, 6.45) is -4.89. The molecule has 0 aliphatic rings. The molecular weight excluding hydrogens is 527 g/mol. The van der Waals surface area contributed by atoms with Gasteiger partial charge in [-0.1, -0.05) is 0 Å². The number of ether oxygens (including phenoxy) is 1. The van der Waals surface area contributed by atoms with Gasteiger partial charge in [-0.15, -0.1) is 0 Å². The molecule has 0 aromatic carbocycles. The van der Waals surface area contributed by atoms with E-state index in [4.69, 9.17) is 24.8 Å². The van der Waals surface area contributed by atoms with Gasteiger partial charge in [0.1, 0.15) is 30.3 Å². The summed E-state index contributed by atoms with van der Waals surface area (Å²) in [6.45, 7) is 3.75. The average molecular weight is 551 g/mol. The summed E-state index contributed by atoms with van der Waals surface area (Å²) in [4.78, 5) is 48.1. The van der Waals surface area contributed by atoms with Gasteiger partial charge in [0.05, 0.1) is 18.5 Å². The van der Waals surface area contributed by atoms with Crippen LogP contribution in [-0.4, -0.2) is 73.7 Å². The third-order valence-electron chi connectivity index (χ3n) is 4.14. The third kappa shape index (κ3) is 7.83. The number of fused-ring (bicyclic) bond motifs is 1. The summed E-state index contributed by atoms with van der Waals surface area (Å²) in [5.41, 5.74) is 6.21. The average Bonchev–Trinajstić information content (AvgIpc) is 3.07. The number of aliphatic hydroxyl groups excluding tert-OH is 2. The maximum Gasteiger partial charge on any atom is 0.490 e. The third-order valence-corrected chi connectivity index (χ3v) is 8.07. The fourth-order valence-corrected chi connectivity index (χ4v) is 5.94. The Balaban J connectivity index is 2.24. The van der Waals surface area contributed by atoms with Crippen LogP contribution in [0.4, 0.5) is 5.82 Å². The Morgan fingerprint density at radius 2 is 1.59 bits per heavy atom. The van der Waals surface area contributed by atoms with Gasteiger partial charge in [-0.05, 0) is 20.8 Å². The molecule has 0 radical (unpaired) electrons. The predicted octanol–water partition coefficient (Wildman–Crippen LogP) is -0.214. The summed E-state index contributed by atoms with van der Waals surface area (Å²) in [6, 6.07) is 0. The van der Waals surface area contributed by atoms with E-state index in [2.05, 4.69) is 23.6 Å². The van der Waals surface area contributed by atoms with Crippen LogP contribution in [0.3, 0.4) is 0 Å². The lowest BCUT2D eigenvalue weighted by molar-refractivity contribution is -0.159. The number of aromatic nitrogens is 4. The van der Waals surface area contributed by atoms with E-state index in [1.54, 1.807) is 0 Å². The van der Waals surface area contributed by atoms with Crippen LogP contribution < -0.4 is 5.73 Å². The van der Waals surface area contributed by atoms with Crippen LogP contribution in [0.2, 0.25) is 0 Å². The van der Waals surface area contributed by atoms with E-state index < -0.39 is 54.1 Å². The summed E-state index contributed by atoms with van der Waals surface area (Å²) < 4.78 is 53.5. The lowest BCUT2D eigenvalue weighted by Crippen LogP contribution is -2.45. The molecule has 0 bridgehead atoms. The molecule has 0 spiro atoms. The van der Waals surface area contributed by atoms with Crippen molar-refractivity contribution in [2.75, 3.05) is 5.73 Å². The maximum atomic E-state index is 12.1. The van der Waals surface area contributed by atoms with Crippen LogP contribution in [-0.2, 0) is 31.6 Å². The van der Waals surface area contributed by atoms with E-state index in [1.807, 2.05) is 0 Å². The summed E-state index contributed by atoms with van der Waals surface area (Å²) >= 11 is 0. The summed E-state index contributed by atoms with van der Waals surface area (Å²) in [5.74, 6) is 0.0811. The molecule has 34 heavy (non-hydrogen) atoms. The smallest absolute Gasteiger partial charge is 0.391 e. The molecule has 2 rings (SSSR count). The minimum atomic E-state index is -5.76. The van der Waals surface area contributed by atoms with E-state index >= 15 is 0 Å². The lowest BCUT2D eigenvalue weighted by Gasteiger charge is -2.33. The molecule has 7 atom stereocenters. The SMILES string of the molecule is CC(OC(C(O)[C@@H](C)O)[C@@H](C)OP(=O)(O)OP(=O)(O)OP(=O)(O)O)n1cnc2c(N)ncnc21. The number of phosphoric acid groups is 3. The fraction of sp³-hybridized carbons (Fsp3) is 0.615. The molecular formula is C13H24N5O13P3. The molecule has 0 aliphatic heterocycles. The molecule has 5 unspecified atom stereocenters. The molecule has 8 N–H and O–H groups in total. The number of nitrogens with two attached hydrogens (primary N) is 1. The van der Waals surface area contributed by atoms with Crippen LogP contribution in [0, 0.1) is 0 Å². The summed E-state index contributed by atoms with van der Waals surface area (Å²) in [7, 11) is -16.9. The molecule has 2 aromatic heterocycles. The Labute approximate surface area is 191 Å². The van der Waals surface area contributed by atoms with Crippen molar-refractivity contribution < 1.29 is 61.4 Å². The highest BCUT2D eigenvalue weighted by molar-refractivity contribution is 7.66. The van der Waals surface area contributed by atoms with Crippen LogP contribution >= 0.6 is 23.5 Å². The number of anilines is 1. The molecule has 21 heteroatoms. The van der Waals surface area contributed by atoms with Gasteiger partial charge < -0.3 is 40.3 Å². The van der Waals surface area contributed by atoms with Crippen molar-refractivity contribution in [1.82, 2.24) is 19.5 Å². The zero-order valence-electron chi connectivity index (χ0n) is 17.8. The second-order valence-electron chi connectivity index (χ2n) is 6.92. The number of imidazole rings is 1. The monoisotopic (exact) mass is 551 g/mol. The predicted molar refractivity (Wildman–Crippen MR) is 111 cm³/mol. The number of aliphatic hydroxyl groups is 2. The Morgan fingerprint density at radius 3 is 2.15 bits per heavy atom. The van der Waals surface area contributed by atoms with Gasteiger partial charge in [0, 0.05) is 0 Å². The molecule has 0 saturated heterocycles. The highest BCUT2D eigenvalue weighted by Gasteiger charge is 2.43. The van der Waals surface area contributed by atoms with Gasteiger partial charge in [-0.3, -0.25) is 9.09 Å². The first-order valence-electron chi connectivity index (χ1n) is 9.19. The van der Waals surface area contributed by atoms with E-state index in [0.29, 0.717) is 0 Å². The first-order valence-corrected chi connectivity index (χ1v) is 13.7. The van der Waals surface area contributed by atoms with E-state index in [1.165, 1.54) is 31.1 Å². The Hall–Kier alpha value is -1.36.